The van der Waals surface area contributed by atoms with Crippen molar-refractivity contribution in [2.45, 2.75) is 32.1 Å². The van der Waals surface area contributed by atoms with E-state index in [1.54, 1.807) is 11.0 Å². The van der Waals surface area contributed by atoms with Gasteiger partial charge in [0.15, 0.2) is 0 Å². The molecular formula is C11H23NO3Si. The van der Waals surface area contributed by atoms with E-state index < -0.39 is 8.07 Å². The molecule has 16 heavy (non-hydrogen) atoms. The van der Waals surface area contributed by atoms with Crippen LogP contribution in [0.3, 0.4) is 0 Å². The average molecular weight is 245 g/mol. The van der Waals surface area contributed by atoms with Gasteiger partial charge < -0.3 is 14.7 Å². The topological polar surface area (TPSA) is 49.8 Å². The fourth-order valence-electron chi connectivity index (χ4n) is 1.46. The molecule has 1 N–H and O–H groups in total. The van der Waals surface area contributed by atoms with Crippen LogP contribution in [0.2, 0.25) is 19.6 Å². The van der Waals surface area contributed by atoms with E-state index in [1.165, 1.54) is 7.11 Å². The maximum Gasteiger partial charge on any atom is 0.409 e. The van der Waals surface area contributed by atoms with Crippen molar-refractivity contribution in [2.24, 2.45) is 0 Å². The van der Waals surface area contributed by atoms with Gasteiger partial charge in [-0.2, -0.15) is 0 Å². The second kappa shape index (κ2) is 6.70. The first-order valence-electron chi connectivity index (χ1n) is 5.42. The number of hydrogen-bond donors (Lipinski definition) is 1. The molecule has 0 bridgehead atoms. The molecule has 0 aromatic carbocycles. The number of hydrogen-bond acceptors (Lipinski definition) is 3. The van der Waals surface area contributed by atoms with E-state index in [2.05, 4.69) is 26.2 Å². The van der Waals surface area contributed by atoms with Crippen LogP contribution in [0.5, 0.6) is 0 Å². The second-order valence-electron chi connectivity index (χ2n) is 5.02. The van der Waals surface area contributed by atoms with E-state index in [4.69, 9.17) is 4.74 Å². The summed E-state index contributed by atoms with van der Waals surface area (Å²) in [6.07, 6.45) is 2.60. The maximum atomic E-state index is 11.6. The minimum atomic E-state index is -1.43. The average Bonchev–Trinajstić information content (AvgIpc) is 2.20. The van der Waals surface area contributed by atoms with Gasteiger partial charge in [-0.15, -0.1) is 6.58 Å². The van der Waals surface area contributed by atoms with Crippen molar-refractivity contribution in [1.29, 1.82) is 0 Å². The van der Waals surface area contributed by atoms with Crippen molar-refractivity contribution in [3.63, 3.8) is 0 Å². The summed E-state index contributed by atoms with van der Waals surface area (Å²) in [6.45, 7) is 10.1. The zero-order valence-corrected chi connectivity index (χ0v) is 11.7. The highest BCUT2D eigenvalue weighted by atomic mass is 28.3. The number of aliphatic hydroxyl groups is 1. The van der Waals surface area contributed by atoms with Crippen LogP contribution in [0.1, 0.15) is 6.42 Å². The molecule has 0 aliphatic rings. The van der Waals surface area contributed by atoms with Gasteiger partial charge in [-0.05, 0) is 6.42 Å². The number of rotatable bonds is 6. The monoisotopic (exact) mass is 245 g/mol. The predicted octanol–water partition coefficient (Wildman–Crippen LogP) is 1.87. The third kappa shape index (κ3) is 5.32. The van der Waals surface area contributed by atoms with Gasteiger partial charge >= 0.3 is 6.09 Å². The molecule has 0 aromatic heterocycles. The fourth-order valence-corrected chi connectivity index (χ4v) is 2.87. The highest BCUT2D eigenvalue weighted by molar-refractivity contribution is 6.76. The predicted molar refractivity (Wildman–Crippen MR) is 68.1 cm³/mol. The van der Waals surface area contributed by atoms with Crippen LogP contribution in [0, 0.1) is 0 Å². The first kappa shape index (κ1) is 15.2. The Morgan fingerprint density at radius 1 is 1.56 bits per heavy atom. The summed E-state index contributed by atoms with van der Waals surface area (Å²) < 4.78 is 4.75. The molecule has 94 valence electrons. The van der Waals surface area contributed by atoms with Crippen LogP contribution < -0.4 is 0 Å². The number of amides is 1. The van der Waals surface area contributed by atoms with Crippen molar-refractivity contribution < 1.29 is 14.6 Å². The lowest BCUT2D eigenvalue weighted by atomic mass is 10.2. The van der Waals surface area contributed by atoms with Crippen LogP contribution in [0.25, 0.3) is 0 Å². The molecular weight excluding hydrogens is 222 g/mol. The summed E-state index contributed by atoms with van der Waals surface area (Å²) in [5.41, 5.74) is 0. The van der Waals surface area contributed by atoms with E-state index in [-0.39, 0.29) is 18.7 Å². The summed E-state index contributed by atoms with van der Waals surface area (Å²) in [7, 11) is -0.0647. The quantitative estimate of drug-likeness (QED) is 0.574. The van der Waals surface area contributed by atoms with Crippen molar-refractivity contribution in [1.82, 2.24) is 4.90 Å². The normalized spacial score (nSPS) is 13.1. The van der Waals surface area contributed by atoms with Crippen molar-refractivity contribution >= 4 is 14.2 Å². The van der Waals surface area contributed by atoms with Gasteiger partial charge in [0.25, 0.3) is 0 Å². The molecule has 0 spiro atoms. The van der Waals surface area contributed by atoms with E-state index in [1.807, 2.05) is 0 Å². The Morgan fingerprint density at radius 2 is 2.12 bits per heavy atom. The summed E-state index contributed by atoms with van der Waals surface area (Å²) in [6, 6.07) is -0.225. The van der Waals surface area contributed by atoms with Crippen LogP contribution in [0.4, 0.5) is 4.79 Å². The zero-order valence-electron chi connectivity index (χ0n) is 10.7. The van der Waals surface area contributed by atoms with Gasteiger partial charge in [0.2, 0.25) is 0 Å². The lowest BCUT2D eigenvalue weighted by Crippen LogP contribution is -2.50. The van der Waals surface area contributed by atoms with Crippen molar-refractivity contribution in [2.75, 3.05) is 19.9 Å². The molecule has 4 nitrogen and oxygen atoms in total. The Balaban J connectivity index is 4.76. The van der Waals surface area contributed by atoms with Crippen LogP contribution in [0.15, 0.2) is 12.7 Å². The smallest absolute Gasteiger partial charge is 0.409 e. The lowest BCUT2D eigenvalue weighted by Gasteiger charge is -2.33. The summed E-state index contributed by atoms with van der Waals surface area (Å²) in [5, 5.41) is 9.29. The van der Waals surface area contributed by atoms with E-state index in [0.717, 1.165) is 0 Å². The van der Waals surface area contributed by atoms with Crippen LogP contribution >= 0.6 is 0 Å². The third-order valence-electron chi connectivity index (χ3n) is 2.14. The Hall–Kier alpha value is -0.813. The molecule has 5 heteroatoms. The molecule has 0 aliphatic heterocycles. The van der Waals surface area contributed by atoms with Crippen molar-refractivity contribution in [3.8, 4) is 0 Å². The number of methoxy groups -OCH3 is 1. The first-order chi connectivity index (χ1) is 7.35. The summed E-state index contributed by atoms with van der Waals surface area (Å²) >= 11 is 0. The highest BCUT2D eigenvalue weighted by Gasteiger charge is 2.28. The fraction of sp³-hybridized carbons (Fsp3) is 0.727. The maximum absolute atomic E-state index is 11.6. The van der Waals surface area contributed by atoms with Gasteiger partial charge in [0, 0.05) is 6.17 Å². The molecule has 0 aromatic rings. The highest BCUT2D eigenvalue weighted by Crippen LogP contribution is 2.12. The standard InChI is InChI=1S/C11H23NO3Si/c1-6-7-10(8-13)12(11(14)15-2)9-16(3,4)5/h6,10,13H,1,7-9H2,2-5H3. The first-order valence-corrected chi connectivity index (χ1v) is 9.12. The molecule has 0 fully saturated rings. The van der Waals surface area contributed by atoms with Gasteiger partial charge in [-0.25, -0.2) is 4.79 Å². The van der Waals surface area contributed by atoms with Gasteiger partial charge in [0.05, 0.1) is 27.8 Å². The molecule has 1 atom stereocenters. The number of carbonyl (C=O) groups excluding carboxylic acids is 1. The Morgan fingerprint density at radius 3 is 2.44 bits per heavy atom. The van der Waals surface area contributed by atoms with Gasteiger partial charge in [-0.1, -0.05) is 25.7 Å². The van der Waals surface area contributed by atoms with E-state index in [9.17, 15) is 9.90 Å². The number of ether oxygens (including phenoxy) is 1. The van der Waals surface area contributed by atoms with Gasteiger partial charge in [0.1, 0.15) is 0 Å². The third-order valence-corrected chi connectivity index (χ3v) is 3.43. The zero-order chi connectivity index (χ0) is 12.8. The number of aliphatic hydroxyl groups excluding tert-OH is 1. The van der Waals surface area contributed by atoms with Crippen LogP contribution in [-0.4, -0.2) is 50.1 Å². The molecule has 1 amide bonds. The van der Waals surface area contributed by atoms with E-state index in [0.29, 0.717) is 12.6 Å². The minimum absolute atomic E-state index is 0.0639. The summed E-state index contributed by atoms with van der Waals surface area (Å²) in [5.74, 6) is 0. The lowest BCUT2D eigenvalue weighted by molar-refractivity contribution is 0.0925. The van der Waals surface area contributed by atoms with Gasteiger partial charge in [-0.3, -0.25) is 0 Å². The number of carbonyl (C=O) groups is 1. The molecule has 0 aliphatic carbocycles. The van der Waals surface area contributed by atoms with Crippen LogP contribution in [-0.2, 0) is 4.74 Å². The second-order valence-corrected chi connectivity index (χ2v) is 10.5. The molecule has 1 unspecified atom stereocenters. The van der Waals surface area contributed by atoms with Crippen molar-refractivity contribution in [3.05, 3.63) is 12.7 Å². The Labute approximate surface area is 98.9 Å². The largest absolute Gasteiger partial charge is 0.453 e. The molecule has 0 radical (unpaired) electrons. The molecule has 0 rings (SSSR count). The minimum Gasteiger partial charge on any atom is -0.453 e. The molecule has 0 saturated carbocycles. The SMILES string of the molecule is C=CCC(CO)N(C[Si](C)(C)C)C(=O)OC. The number of nitrogens with zero attached hydrogens (tertiary/aromatic N) is 1. The molecule has 0 saturated heterocycles. The molecule has 0 heterocycles. The Kier molecular flexibility index (Phi) is 6.36. The van der Waals surface area contributed by atoms with E-state index >= 15 is 0 Å². The summed E-state index contributed by atoms with van der Waals surface area (Å²) in [4.78, 5) is 13.3. The Bertz CT molecular complexity index is 238.